The molecular weight excluding hydrogens is 278 g/mol. The molecule has 0 atom stereocenters. The average molecular weight is 292 g/mol. The number of rotatable bonds is 1. The third kappa shape index (κ3) is 3.91. The van der Waals surface area contributed by atoms with Crippen molar-refractivity contribution in [3.8, 4) is 0 Å². The SMILES string of the molecule is CSc1ccccc1.Nc1cc2ncc(Cl)cc2[nH]1. The minimum atomic E-state index is 0.606. The summed E-state index contributed by atoms with van der Waals surface area (Å²) in [7, 11) is 0. The lowest BCUT2D eigenvalue weighted by Gasteiger charge is -1.89. The molecule has 2 heterocycles. The van der Waals surface area contributed by atoms with Gasteiger partial charge in [-0.25, -0.2) is 0 Å². The van der Waals surface area contributed by atoms with Crippen LogP contribution in [0.15, 0.2) is 53.6 Å². The Morgan fingerprint density at radius 1 is 1.21 bits per heavy atom. The van der Waals surface area contributed by atoms with E-state index in [0.29, 0.717) is 10.8 Å². The molecule has 0 aliphatic rings. The monoisotopic (exact) mass is 291 g/mol. The van der Waals surface area contributed by atoms with E-state index in [0.717, 1.165) is 11.0 Å². The van der Waals surface area contributed by atoms with Crippen LogP contribution in [-0.4, -0.2) is 16.2 Å². The van der Waals surface area contributed by atoms with Crippen LogP contribution in [-0.2, 0) is 0 Å². The number of nitrogens with one attached hydrogen (secondary N) is 1. The van der Waals surface area contributed by atoms with E-state index >= 15 is 0 Å². The number of fused-ring (bicyclic) bond motifs is 1. The maximum atomic E-state index is 5.70. The van der Waals surface area contributed by atoms with Gasteiger partial charge in [0.15, 0.2) is 0 Å². The summed E-state index contributed by atoms with van der Waals surface area (Å²) in [5.74, 6) is 0.606. The zero-order chi connectivity index (χ0) is 13.7. The van der Waals surface area contributed by atoms with Crippen LogP contribution < -0.4 is 5.73 Å². The second kappa shape index (κ2) is 6.50. The molecule has 0 radical (unpaired) electrons. The number of nitrogens with zero attached hydrogens (tertiary/aromatic N) is 1. The lowest BCUT2D eigenvalue weighted by Crippen LogP contribution is -1.80. The fourth-order valence-corrected chi connectivity index (χ4v) is 2.15. The van der Waals surface area contributed by atoms with Crippen LogP contribution in [0.25, 0.3) is 11.0 Å². The number of nitrogens with two attached hydrogens (primary N) is 1. The first-order valence-corrected chi connectivity index (χ1v) is 7.28. The topological polar surface area (TPSA) is 54.7 Å². The van der Waals surface area contributed by atoms with Gasteiger partial charge in [-0.05, 0) is 24.5 Å². The highest BCUT2D eigenvalue weighted by Crippen LogP contribution is 2.17. The first-order valence-electron chi connectivity index (χ1n) is 5.68. The predicted octanol–water partition coefficient (Wildman–Crippen LogP) is 4.21. The molecule has 3 aromatic rings. The van der Waals surface area contributed by atoms with E-state index in [1.807, 2.05) is 18.2 Å². The van der Waals surface area contributed by atoms with Crippen LogP contribution in [0.5, 0.6) is 0 Å². The number of aromatic nitrogens is 2. The molecule has 2 aromatic heterocycles. The summed E-state index contributed by atoms with van der Waals surface area (Å²) >= 11 is 7.47. The van der Waals surface area contributed by atoms with E-state index in [9.17, 15) is 0 Å². The lowest BCUT2D eigenvalue weighted by atomic mass is 10.4. The van der Waals surface area contributed by atoms with Gasteiger partial charge < -0.3 is 10.7 Å². The normalized spacial score (nSPS) is 10.0. The molecule has 0 spiro atoms. The summed E-state index contributed by atoms with van der Waals surface area (Å²) < 4.78 is 0. The third-order valence-electron chi connectivity index (χ3n) is 2.44. The van der Waals surface area contributed by atoms with E-state index in [1.54, 1.807) is 30.1 Å². The quantitative estimate of drug-likeness (QED) is 0.660. The Morgan fingerprint density at radius 3 is 2.58 bits per heavy atom. The minimum absolute atomic E-state index is 0.606. The number of pyridine rings is 1. The Morgan fingerprint density at radius 2 is 1.95 bits per heavy atom. The zero-order valence-electron chi connectivity index (χ0n) is 10.4. The number of hydrogen-bond donors (Lipinski definition) is 2. The summed E-state index contributed by atoms with van der Waals surface area (Å²) in [5, 5.41) is 0.611. The van der Waals surface area contributed by atoms with Gasteiger partial charge in [-0.15, -0.1) is 11.8 Å². The number of halogens is 1. The summed E-state index contributed by atoms with van der Waals surface area (Å²) in [6.45, 7) is 0. The fraction of sp³-hybridized carbons (Fsp3) is 0.0714. The van der Waals surface area contributed by atoms with Gasteiger partial charge in [-0.3, -0.25) is 4.98 Å². The average Bonchev–Trinajstić information content (AvgIpc) is 2.79. The first-order chi connectivity index (χ1) is 9.19. The Bertz CT molecular complexity index is 652. The smallest absolute Gasteiger partial charge is 0.103 e. The molecule has 0 fully saturated rings. The van der Waals surface area contributed by atoms with E-state index < -0.39 is 0 Å². The van der Waals surface area contributed by atoms with Crippen LogP contribution in [0.1, 0.15) is 0 Å². The first kappa shape index (κ1) is 13.8. The van der Waals surface area contributed by atoms with Crippen molar-refractivity contribution in [2.24, 2.45) is 0 Å². The second-order valence-electron chi connectivity index (χ2n) is 3.83. The number of H-pyrrole nitrogens is 1. The number of nitrogen functional groups attached to an aromatic ring is 1. The van der Waals surface area contributed by atoms with Crippen LogP contribution in [0.2, 0.25) is 5.02 Å². The number of anilines is 1. The van der Waals surface area contributed by atoms with Gasteiger partial charge in [0, 0.05) is 17.2 Å². The zero-order valence-corrected chi connectivity index (χ0v) is 12.0. The maximum Gasteiger partial charge on any atom is 0.103 e. The molecule has 3 rings (SSSR count). The summed E-state index contributed by atoms with van der Waals surface area (Å²) in [4.78, 5) is 8.31. The number of aromatic amines is 1. The van der Waals surface area contributed by atoms with E-state index in [4.69, 9.17) is 17.3 Å². The maximum absolute atomic E-state index is 5.70. The van der Waals surface area contributed by atoms with Gasteiger partial charge in [-0.2, -0.15) is 0 Å². The van der Waals surface area contributed by atoms with Gasteiger partial charge >= 0.3 is 0 Å². The van der Waals surface area contributed by atoms with E-state index in [2.05, 4.69) is 28.4 Å². The molecule has 0 bridgehead atoms. The highest BCUT2D eigenvalue weighted by Gasteiger charge is 1.98. The van der Waals surface area contributed by atoms with Crippen molar-refractivity contribution < 1.29 is 0 Å². The summed E-state index contributed by atoms with van der Waals surface area (Å²) in [5.41, 5.74) is 7.21. The summed E-state index contributed by atoms with van der Waals surface area (Å²) in [6.07, 6.45) is 3.67. The van der Waals surface area contributed by atoms with Gasteiger partial charge in [-0.1, -0.05) is 29.8 Å². The van der Waals surface area contributed by atoms with Crippen molar-refractivity contribution in [3.63, 3.8) is 0 Å². The van der Waals surface area contributed by atoms with Crippen molar-refractivity contribution in [2.45, 2.75) is 4.90 Å². The van der Waals surface area contributed by atoms with Gasteiger partial charge in [0.2, 0.25) is 0 Å². The molecule has 3 N–H and O–H groups in total. The molecule has 98 valence electrons. The molecule has 0 unspecified atom stereocenters. The van der Waals surface area contributed by atoms with Crippen molar-refractivity contribution in [2.75, 3.05) is 12.0 Å². The van der Waals surface area contributed by atoms with E-state index in [1.165, 1.54) is 4.90 Å². The number of hydrogen-bond acceptors (Lipinski definition) is 3. The van der Waals surface area contributed by atoms with Crippen molar-refractivity contribution in [1.29, 1.82) is 0 Å². The van der Waals surface area contributed by atoms with Crippen molar-refractivity contribution in [3.05, 3.63) is 53.7 Å². The molecule has 0 amide bonds. The van der Waals surface area contributed by atoms with Crippen LogP contribution in [0, 0.1) is 0 Å². The molecule has 5 heteroatoms. The predicted molar refractivity (Wildman–Crippen MR) is 83.7 cm³/mol. The lowest BCUT2D eigenvalue weighted by molar-refractivity contribution is 1.41. The number of thioether (sulfide) groups is 1. The van der Waals surface area contributed by atoms with Crippen LogP contribution in [0.4, 0.5) is 5.82 Å². The highest BCUT2D eigenvalue weighted by molar-refractivity contribution is 7.98. The minimum Gasteiger partial charge on any atom is -0.385 e. The second-order valence-corrected chi connectivity index (χ2v) is 5.14. The summed E-state index contributed by atoms with van der Waals surface area (Å²) in [6, 6.07) is 13.9. The molecule has 1 aromatic carbocycles. The van der Waals surface area contributed by atoms with Gasteiger partial charge in [0.1, 0.15) is 5.82 Å². The highest BCUT2D eigenvalue weighted by atomic mass is 35.5. The molecule has 3 nitrogen and oxygen atoms in total. The van der Waals surface area contributed by atoms with Gasteiger partial charge in [0.05, 0.1) is 16.1 Å². The fourth-order valence-electron chi connectivity index (χ4n) is 1.56. The Labute approximate surface area is 121 Å². The Kier molecular flexibility index (Phi) is 4.71. The molecule has 0 aliphatic heterocycles. The Hall–Kier alpha value is -1.65. The van der Waals surface area contributed by atoms with Gasteiger partial charge in [0.25, 0.3) is 0 Å². The molecule has 19 heavy (non-hydrogen) atoms. The molecule has 0 saturated heterocycles. The van der Waals surface area contributed by atoms with E-state index in [-0.39, 0.29) is 0 Å². The molecular formula is C14H14ClN3S. The largest absolute Gasteiger partial charge is 0.385 e. The third-order valence-corrected chi connectivity index (χ3v) is 3.39. The molecule has 0 saturated carbocycles. The molecule has 0 aliphatic carbocycles. The van der Waals surface area contributed by atoms with Crippen molar-refractivity contribution >= 4 is 40.2 Å². The standard InChI is InChI=1S/C7H6ClN3.C7H8S/c8-4-1-6-5(10-3-4)2-7(9)11-6;1-8-7-5-3-2-4-6-7/h1-3,11H,9H2;2-6H,1H3. The van der Waals surface area contributed by atoms with Crippen molar-refractivity contribution in [1.82, 2.24) is 9.97 Å². The van der Waals surface area contributed by atoms with Crippen LogP contribution >= 0.6 is 23.4 Å². The van der Waals surface area contributed by atoms with Crippen LogP contribution in [0.3, 0.4) is 0 Å². The Balaban J connectivity index is 0.000000148. The number of benzene rings is 1.